The summed E-state index contributed by atoms with van der Waals surface area (Å²) in [6, 6.07) is 16.8. The molecule has 0 saturated carbocycles. The first-order valence-corrected chi connectivity index (χ1v) is 16.2. The first kappa shape index (κ1) is 29.2. The van der Waals surface area contributed by atoms with Crippen molar-refractivity contribution in [2.75, 3.05) is 46.3 Å². The zero-order valence-electron chi connectivity index (χ0n) is 25.1. The van der Waals surface area contributed by atoms with Crippen LogP contribution in [0.1, 0.15) is 31.2 Å². The number of allylic oxidation sites excluding steroid dienone is 2. The third-order valence-electron chi connectivity index (χ3n) is 8.95. The van der Waals surface area contributed by atoms with Crippen molar-refractivity contribution < 1.29 is 22.7 Å². The summed E-state index contributed by atoms with van der Waals surface area (Å²) in [5, 5.41) is 8.24. The molecule has 3 aliphatic rings. The molecule has 43 heavy (non-hydrogen) atoms. The lowest BCUT2D eigenvalue weighted by Gasteiger charge is -2.42. The number of fused-ring (bicyclic) bond motifs is 2. The fraction of sp³-hybridized carbons (Fsp3) is 0.394. The highest BCUT2D eigenvalue weighted by atomic mass is 32.2. The molecule has 2 aliphatic heterocycles. The number of carbonyl (C=O) groups excluding carboxylic acids is 1. The van der Waals surface area contributed by atoms with Gasteiger partial charge in [0.15, 0.2) is 11.5 Å². The van der Waals surface area contributed by atoms with Gasteiger partial charge >= 0.3 is 0 Å². The maximum atomic E-state index is 13.9. The van der Waals surface area contributed by atoms with E-state index < -0.39 is 10.0 Å². The molecule has 3 aromatic rings. The molecule has 1 amide bonds. The predicted molar refractivity (Wildman–Crippen MR) is 168 cm³/mol. The van der Waals surface area contributed by atoms with Crippen molar-refractivity contribution >= 4 is 38.1 Å². The fourth-order valence-corrected chi connectivity index (χ4v) is 8.35. The van der Waals surface area contributed by atoms with E-state index in [4.69, 9.17) is 14.6 Å². The molecule has 0 radical (unpaired) electrons. The molecule has 2 atom stereocenters. The molecule has 0 aromatic heterocycles. The van der Waals surface area contributed by atoms with Gasteiger partial charge in [-0.05, 0) is 56.0 Å². The lowest BCUT2D eigenvalue weighted by Crippen LogP contribution is -2.52. The van der Waals surface area contributed by atoms with Crippen LogP contribution >= 0.6 is 0 Å². The Hall–Kier alpha value is -3.89. The van der Waals surface area contributed by atoms with Crippen LogP contribution in [0.3, 0.4) is 0 Å². The molecule has 6 rings (SSSR count). The Morgan fingerprint density at radius 3 is 2.23 bits per heavy atom. The highest BCUT2D eigenvalue weighted by molar-refractivity contribution is 7.89. The topological polar surface area (TPSA) is 91.8 Å². The Kier molecular flexibility index (Phi) is 7.91. The molecule has 9 nitrogen and oxygen atoms in total. The average molecular weight is 603 g/mol. The molecular weight excluding hydrogens is 564 g/mol. The number of methoxy groups -OCH3 is 2. The minimum absolute atomic E-state index is 0.0187. The zero-order chi connectivity index (χ0) is 30.3. The van der Waals surface area contributed by atoms with Gasteiger partial charge in [-0.25, -0.2) is 13.4 Å². The van der Waals surface area contributed by atoms with E-state index in [-0.39, 0.29) is 23.8 Å². The standard InChI is InChI=1S/C33H38N4O5S/c1-35(2)28-13-7-12-25-24(28)11-8-14-31(25)43(39,40)36-19-17-23(18-20-36)37-33(38)27-10-6-5-9-26(27)32(34-37)22-15-16-29(41-3)30(21-22)42-4/h5-8,11-16,21,23,26-27H,9-10,17-20H2,1-4H3/t26?,27-/m1/s1. The number of hydrazone groups is 1. The third kappa shape index (κ3) is 5.16. The van der Waals surface area contributed by atoms with Gasteiger partial charge in [-0.3, -0.25) is 4.79 Å². The molecule has 10 heteroatoms. The smallest absolute Gasteiger partial charge is 0.247 e. The van der Waals surface area contributed by atoms with Crippen LogP contribution in [0.25, 0.3) is 10.8 Å². The molecule has 0 spiro atoms. The van der Waals surface area contributed by atoms with Gasteiger partial charge in [-0.1, -0.05) is 36.4 Å². The normalized spacial score (nSPS) is 21.4. The summed E-state index contributed by atoms with van der Waals surface area (Å²) < 4.78 is 40.4. The Balaban J connectivity index is 1.28. The van der Waals surface area contributed by atoms with E-state index in [1.165, 1.54) is 0 Å². The van der Waals surface area contributed by atoms with Crippen molar-refractivity contribution in [3.05, 3.63) is 72.3 Å². The van der Waals surface area contributed by atoms with Gasteiger partial charge in [0.25, 0.3) is 0 Å². The minimum Gasteiger partial charge on any atom is -0.493 e. The lowest BCUT2D eigenvalue weighted by molar-refractivity contribution is -0.141. The van der Waals surface area contributed by atoms with Gasteiger partial charge < -0.3 is 14.4 Å². The average Bonchev–Trinajstić information content (AvgIpc) is 3.04. The summed E-state index contributed by atoms with van der Waals surface area (Å²) in [6.45, 7) is 0.630. The number of nitrogens with zero attached hydrogens (tertiary/aromatic N) is 4. The molecule has 1 saturated heterocycles. The largest absolute Gasteiger partial charge is 0.493 e. The quantitative estimate of drug-likeness (QED) is 0.357. The van der Waals surface area contributed by atoms with E-state index in [9.17, 15) is 13.2 Å². The number of sulfonamides is 1. The maximum Gasteiger partial charge on any atom is 0.247 e. The predicted octanol–water partition coefficient (Wildman–Crippen LogP) is 4.91. The number of hydrogen-bond acceptors (Lipinski definition) is 7. The number of amides is 1. The van der Waals surface area contributed by atoms with Gasteiger partial charge in [0.2, 0.25) is 15.9 Å². The molecule has 1 fully saturated rings. The number of carbonyl (C=O) groups is 1. The van der Waals surface area contributed by atoms with E-state index in [0.717, 1.165) is 28.8 Å². The summed E-state index contributed by atoms with van der Waals surface area (Å²) in [4.78, 5) is 16.1. The van der Waals surface area contributed by atoms with Crippen LogP contribution in [0, 0.1) is 11.8 Å². The monoisotopic (exact) mass is 602 g/mol. The maximum absolute atomic E-state index is 13.9. The van der Waals surface area contributed by atoms with Crippen molar-refractivity contribution in [1.29, 1.82) is 0 Å². The van der Waals surface area contributed by atoms with Crippen molar-refractivity contribution in [3.8, 4) is 11.5 Å². The summed E-state index contributed by atoms with van der Waals surface area (Å²) in [5.41, 5.74) is 2.72. The number of anilines is 1. The minimum atomic E-state index is -3.75. The van der Waals surface area contributed by atoms with E-state index in [2.05, 4.69) is 12.2 Å². The van der Waals surface area contributed by atoms with E-state index >= 15 is 0 Å². The molecule has 1 unspecified atom stereocenters. The summed E-state index contributed by atoms with van der Waals surface area (Å²) in [6.07, 6.45) is 6.63. The molecule has 226 valence electrons. The van der Waals surface area contributed by atoms with E-state index in [1.54, 1.807) is 35.7 Å². The van der Waals surface area contributed by atoms with Gasteiger partial charge in [0.1, 0.15) is 0 Å². The zero-order valence-corrected chi connectivity index (χ0v) is 25.9. The van der Waals surface area contributed by atoms with Gasteiger partial charge in [0.05, 0.1) is 36.8 Å². The molecule has 2 heterocycles. The second-order valence-corrected chi connectivity index (χ2v) is 13.5. The van der Waals surface area contributed by atoms with Crippen LogP contribution in [-0.4, -0.2) is 76.8 Å². The number of rotatable bonds is 7. The van der Waals surface area contributed by atoms with E-state index in [0.29, 0.717) is 54.1 Å². The van der Waals surface area contributed by atoms with Crippen molar-refractivity contribution in [2.45, 2.75) is 36.6 Å². The second-order valence-electron chi connectivity index (χ2n) is 11.6. The fourth-order valence-electron chi connectivity index (χ4n) is 6.67. The summed E-state index contributed by atoms with van der Waals surface area (Å²) in [7, 11) is 3.37. The van der Waals surface area contributed by atoms with Crippen LogP contribution < -0.4 is 14.4 Å². The van der Waals surface area contributed by atoms with Crippen LogP contribution in [0.2, 0.25) is 0 Å². The molecule has 0 N–H and O–H groups in total. The number of hydrogen-bond donors (Lipinski definition) is 0. The van der Waals surface area contributed by atoms with Gasteiger partial charge in [0, 0.05) is 55.1 Å². The van der Waals surface area contributed by atoms with Crippen molar-refractivity contribution in [2.24, 2.45) is 16.9 Å². The second kappa shape index (κ2) is 11.7. The van der Waals surface area contributed by atoms with Crippen LogP contribution in [0.5, 0.6) is 11.5 Å². The van der Waals surface area contributed by atoms with E-state index in [1.807, 2.05) is 61.5 Å². The van der Waals surface area contributed by atoms with Crippen LogP contribution in [-0.2, 0) is 14.8 Å². The van der Waals surface area contributed by atoms with Crippen molar-refractivity contribution in [3.63, 3.8) is 0 Å². The molecule has 0 bridgehead atoms. The summed E-state index contributed by atoms with van der Waals surface area (Å²) >= 11 is 0. The molecule has 3 aromatic carbocycles. The SMILES string of the molecule is COc1ccc(C2=NN(C3CCN(S(=O)(=O)c4cccc5c(N(C)C)cccc45)CC3)C(=O)[C@@H]3CC=CCC23)cc1OC. The number of benzene rings is 3. The first-order chi connectivity index (χ1) is 20.7. The number of ether oxygens (including phenoxy) is 2. The number of piperidine rings is 1. The van der Waals surface area contributed by atoms with Crippen LogP contribution in [0.15, 0.2) is 76.7 Å². The molecule has 1 aliphatic carbocycles. The summed E-state index contributed by atoms with van der Waals surface area (Å²) in [5.74, 6) is 1.04. The van der Waals surface area contributed by atoms with Crippen LogP contribution in [0.4, 0.5) is 5.69 Å². The highest BCUT2D eigenvalue weighted by Gasteiger charge is 2.43. The van der Waals surface area contributed by atoms with Crippen molar-refractivity contribution in [1.82, 2.24) is 9.31 Å². The Morgan fingerprint density at radius 2 is 1.53 bits per heavy atom. The highest BCUT2D eigenvalue weighted by Crippen LogP contribution is 2.39. The lowest BCUT2D eigenvalue weighted by atomic mass is 9.76. The van der Waals surface area contributed by atoms with Gasteiger partial charge in [-0.2, -0.15) is 9.41 Å². The first-order valence-electron chi connectivity index (χ1n) is 14.7. The third-order valence-corrected chi connectivity index (χ3v) is 10.9. The van der Waals surface area contributed by atoms with Gasteiger partial charge in [-0.15, -0.1) is 0 Å². The Bertz CT molecular complexity index is 1710. The Labute approximate surface area is 253 Å². The Morgan fingerprint density at radius 1 is 0.860 bits per heavy atom. The molecular formula is C33H38N4O5S.